The Balaban J connectivity index is 1.81. The van der Waals surface area contributed by atoms with E-state index < -0.39 is 0 Å². The number of hydrogen-bond acceptors (Lipinski definition) is 3. The maximum Gasteiger partial charge on any atom is 0.159 e. The quantitative estimate of drug-likeness (QED) is 0.515. The third kappa shape index (κ3) is 2.26. The van der Waals surface area contributed by atoms with Crippen LogP contribution in [0.1, 0.15) is 30.9 Å². The smallest absolute Gasteiger partial charge is 0.159 e. The summed E-state index contributed by atoms with van der Waals surface area (Å²) in [5.41, 5.74) is 6.38. The highest BCUT2D eigenvalue weighted by molar-refractivity contribution is 5.89. The Hall–Kier alpha value is -3.07. The number of hydrogen-bond donors (Lipinski definition) is 0. The summed E-state index contributed by atoms with van der Waals surface area (Å²) >= 11 is 0. The lowest BCUT2D eigenvalue weighted by Crippen LogP contribution is -2.48. The highest BCUT2D eigenvalue weighted by atomic mass is 15.5. The lowest BCUT2D eigenvalue weighted by Gasteiger charge is -2.44. The zero-order valence-corrected chi connectivity index (χ0v) is 16.4. The number of fused-ring (bicyclic) bond motifs is 5. The molecular formula is C25H25N3. The SMILES string of the molecule is C=CC1c2ccccc2N2c3nccc(CC)c3N(c3ccccc3)C2C1C. The minimum atomic E-state index is 0.176. The number of rotatable bonds is 3. The van der Waals surface area contributed by atoms with E-state index in [0.717, 1.165) is 12.2 Å². The molecule has 3 atom stereocenters. The summed E-state index contributed by atoms with van der Waals surface area (Å²) in [4.78, 5) is 9.81. The van der Waals surface area contributed by atoms with Crippen LogP contribution >= 0.6 is 0 Å². The second-order valence-corrected chi connectivity index (χ2v) is 7.66. The molecule has 0 spiro atoms. The molecule has 0 N–H and O–H groups in total. The summed E-state index contributed by atoms with van der Waals surface area (Å²) < 4.78 is 0. The molecule has 0 saturated carbocycles. The topological polar surface area (TPSA) is 19.4 Å². The first-order chi connectivity index (χ1) is 13.8. The molecule has 3 heterocycles. The van der Waals surface area contributed by atoms with E-state index >= 15 is 0 Å². The second-order valence-electron chi connectivity index (χ2n) is 7.66. The van der Waals surface area contributed by atoms with Gasteiger partial charge in [-0.1, -0.05) is 56.3 Å². The van der Waals surface area contributed by atoms with Gasteiger partial charge < -0.3 is 9.80 Å². The Labute approximate surface area is 167 Å². The predicted molar refractivity (Wildman–Crippen MR) is 117 cm³/mol. The molecule has 3 nitrogen and oxygen atoms in total. The van der Waals surface area contributed by atoms with Crippen LogP contribution in [-0.2, 0) is 6.42 Å². The molecule has 140 valence electrons. The maximum absolute atomic E-state index is 4.87. The number of para-hydroxylation sites is 2. The molecular weight excluding hydrogens is 342 g/mol. The fourth-order valence-electron chi connectivity index (χ4n) is 4.97. The van der Waals surface area contributed by atoms with Gasteiger partial charge in [-0.05, 0) is 41.8 Å². The summed E-state index contributed by atoms with van der Waals surface area (Å²) in [7, 11) is 0. The van der Waals surface area contributed by atoms with Crippen molar-refractivity contribution >= 4 is 22.9 Å². The van der Waals surface area contributed by atoms with Crippen molar-refractivity contribution in [3.05, 3.63) is 90.6 Å². The summed E-state index contributed by atoms with van der Waals surface area (Å²) in [6.07, 6.45) is 5.22. The summed E-state index contributed by atoms with van der Waals surface area (Å²) in [5.74, 6) is 1.74. The van der Waals surface area contributed by atoms with Crippen molar-refractivity contribution in [1.82, 2.24) is 4.98 Å². The van der Waals surface area contributed by atoms with Gasteiger partial charge in [-0.2, -0.15) is 0 Å². The van der Waals surface area contributed by atoms with Gasteiger partial charge in [-0.3, -0.25) is 0 Å². The van der Waals surface area contributed by atoms with E-state index in [0.29, 0.717) is 11.8 Å². The Morgan fingerprint density at radius 2 is 1.75 bits per heavy atom. The van der Waals surface area contributed by atoms with Gasteiger partial charge in [0.2, 0.25) is 0 Å². The highest BCUT2D eigenvalue weighted by Gasteiger charge is 2.48. The van der Waals surface area contributed by atoms with E-state index in [1.165, 1.54) is 28.2 Å². The van der Waals surface area contributed by atoms with Gasteiger partial charge in [0.05, 0.1) is 5.69 Å². The monoisotopic (exact) mass is 367 g/mol. The fourth-order valence-corrected chi connectivity index (χ4v) is 4.97. The Morgan fingerprint density at radius 1 is 1.00 bits per heavy atom. The number of nitrogens with zero attached hydrogens (tertiary/aromatic N) is 3. The molecule has 0 bridgehead atoms. The first kappa shape index (κ1) is 17.1. The van der Waals surface area contributed by atoms with Crippen molar-refractivity contribution in [3.63, 3.8) is 0 Å². The summed E-state index contributed by atoms with van der Waals surface area (Å²) in [5, 5.41) is 0. The van der Waals surface area contributed by atoms with Crippen molar-refractivity contribution < 1.29 is 0 Å². The van der Waals surface area contributed by atoms with E-state index in [2.05, 4.69) is 97.0 Å². The molecule has 0 radical (unpaired) electrons. The van der Waals surface area contributed by atoms with Crippen molar-refractivity contribution in [2.24, 2.45) is 5.92 Å². The largest absolute Gasteiger partial charge is 0.316 e. The van der Waals surface area contributed by atoms with Crippen molar-refractivity contribution in [1.29, 1.82) is 0 Å². The standard InChI is InChI=1S/C25H25N3/c1-4-18-15-16-26-24-23(18)27(19-11-7-6-8-12-19)25-17(3)20(5-2)21-13-9-10-14-22(21)28(24)25/h5-17,20,25H,2,4H2,1,3H3. The van der Waals surface area contributed by atoms with Gasteiger partial charge in [0, 0.05) is 29.4 Å². The predicted octanol–water partition coefficient (Wildman–Crippen LogP) is 6.18. The van der Waals surface area contributed by atoms with Crippen molar-refractivity contribution in [2.45, 2.75) is 32.4 Å². The van der Waals surface area contributed by atoms with E-state index in [1.54, 1.807) is 0 Å². The third-order valence-corrected chi connectivity index (χ3v) is 6.25. The van der Waals surface area contributed by atoms with Gasteiger partial charge in [-0.25, -0.2) is 4.98 Å². The maximum atomic E-state index is 4.87. The normalized spacial score (nSPS) is 22.4. The zero-order valence-electron chi connectivity index (χ0n) is 16.4. The molecule has 0 fully saturated rings. The summed E-state index contributed by atoms with van der Waals surface area (Å²) in [6.45, 7) is 8.74. The molecule has 0 amide bonds. The lowest BCUT2D eigenvalue weighted by atomic mass is 9.80. The Bertz CT molecular complexity index is 1030. The number of aromatic nitrogens is 1. The molecule has 3 heteroatoms. The molecule has 5 rings (SSSR count). The van der Waals surface area contributed by atoms with Gasteiger partial charge in [0.1, 0.15) is 6.17 Å². The minimum Gasteiger partial charge on any atom is -0.316 e. The number of aryl methyl sites for hydroxylation is 1. The zero-order chi connectivity index (χ0) is 19.3. The van der Waals surface area contributed by atoms with Gasteiger partial charge >= 0.3 is 0 Å². The number of pyridine rings is 1. The highest BCUT2D eigenvalue weighted by Crippen LogP contribution is 2.56. The third-order valence-electron chi connectivity index (χ3n) is 6.25. The number of allylic oxidation sites excluding steroid dienone is 1. The molecule has 2 aromatic carbocycles. The molecule has 2 aliphatic rings. The van der Waals surface area contributed by atoms with Crippen LogP contribution in [0.5, 0.6) is 0 Å². The van der Waals surface area contributed by atoms with Crippen LogP contribution in [0, 0.1) is 5.92 Å². The molecule has 28 heavy (non-hydrogen) atoms. The van der Waals surface area contributed by atoms with Crippen LogP contribution in [0.15, 0.2) is 79.5 Å². The van der Waals surface area contributed by atoms with Crippen LogP contribution in [0.25, 0.3) is 0 Å². The molecule has 0 aliphatic carbocycles. The van der Waals surface area contributed by atoms with Crippen LogP contribution in [0.3, 0.4) is 0 Å². The number of anilines is 4. The van der Waals surface area contributed by atoms with E-state index in [4.69, 9.17) is 4.98 Å². The summed E-state index contributed by atoms with van der Waals surface area (Å²) in [6, 6.07) is 21.6. The second kappa shape index (κ2) is 6.52. The average molecular weight is 367 g/mol. The molecule has 2 aliphatic heterocycles. The Morgan fingerprint density at radius 3 is 2.50 bits per heavy atom. The Kier molecular flexibility index (Phi) is 3.97. The van der Waals surface area contributed by atoms with Crippen molar-refractivity contribution in [2.75, 3.05) is 9.80 Å². The average Bonchev–Trinajstić information content (AvgIpc) is 3.11. The lowest BCUT2D eigenvalue weighted by molar-refractivity contribution is 0.409. The van der Waals surface area contributed by atoms with E-state index in [1.807, 2.05) is 6.20 Å². The van der Waals surface area contributed by atoms with Crippen LogP contribution < -0.4 is 9.80 Å². The molecule has 1 aromatic heterocycles. The van der Waals surface area contributed by atoms with E-state index in [-0.39, 0.29) is 6.17 Å². The van der Waals surface area contributed by atoms with Crippen molar-refractivity contribution in [3.8, 4) is 0 Å². The van der Waals surface area contributed by atoms with Crippen LogP contribution in [-0.4, -0.2) is 11.1 Å². The first-order valence-corrected chi connectivity index (χ1v) is 10.1. The van der Waals surface area contributed by atoms with Crippen LogP contribution in [0.4, 0.5) is 22.9 Å². The van der Waals surface area contributed by atoms with Crippen LogP contribution in [0.2, 0.25) is 0 Å². The number of benzene rings is 2. The molecule has 3 aromatic rings. The van der Waals surface area contributed by atoms with Gasteiger partial charge in [0.15, 0.2) is 5.82 Å². The minimum absolute atomic E-state index is 0.176. The molecule has 0 saturated heterocycles. The van der Waals surface area contributed by atoms with Gasteiger partial charge in [-0.15, -0.1) is 6.58 Å². The van der Waals surface area contributed by atoms with Gasteiger partial charge in [0.25, 0.3) is 0 Å². The molecule has 3 unspecified atom stereocenters. The first-order valence-electron chi connectivity index (χ1n) is 10.1. The fraction of sp³-hybridized carbons (Fsp3) is 0.240. The van der Waals surface area contributed by atoms with E-state index in [9.17, 15) is 0 Å².